The normalized spacial score (nSPS) is 11.0. The summed E-state index contributed by atoms with van der Waals surface area (Å²) < 4.78 is 19.2. The van der Waals surface area contributed by atoms with Gasteiger partial charge in [0, 0.05) is 23.4 Å². The van der Waals surface area contributed by atoms with Crippen LogP contribution >= 0.6 is 11.3 Å². The molecule has 2 N–H and O–H groups in total. The van der Waals surface area contributed by atoms with Crippen LogP contribution in [-0.2, 0) is 13.2 Å². The first kappa shape index (κ1) is 14.0. The Bertz CT molecular complexity index is 554. The van der Waals surface area contributed by atoms with Crippen molar-refractivity contribution >= 4 is 11.3 Å². The Balaban J connectivity index is 2.09. The number of hydrogen-bond donors (Lipinski definition) is 1. The molecule has 0 saturated carbocycles. The monoisotopic (exact) mass is 280 g/mol. The summed E-state index contributed by atoms with van der Waals surface area (Å²) in [5.41, 5.74) is 7.06. The number of thiazole rings is 1. The van der Waals surface area contributed by atoms with E-state index in [4.69, 9.17) is 10.5 Å². The highest BCUT2D eigenvalue weighted by molar-refractivity contribution is 7.09. The second-order valence-electron chi connectivity index (χ2n) is 4.55. The Morgan fingerprint density at radius 1 is 1.42 bits per heavy atom. The highest BCUT2D eigenvalue weighted by atomic mass is 32.1. The van der Waals surface area contributed by atoms with Gasteiger partial charge in [-0.3, -0.25) is 0 Å². The fraction of sp³-hybridized carbons (Fsp3) is 0.357. The standard InChI is InChI=1S/C14H17FN2OS/c1-9(2)14-17-11(8-19-14)7-18-13-10(6-16)4-3-5-12(13)15/h3-5,8-9H,6-7,16H2,1-2H3. The molecule has 0 radical (unpaired) electrons. The maximum absolute atomic E-state index is 13.7. The largest absolute Gasteiger partial charge is 0.484 e. The smallest absolute Gasteiger partial charge is 0.165 e. The fourth-order valence-electron chi connectivity index (χ4n) is 1.68. The van der Waals surface area contributed by atoms with E-state index >= 15 is 0 Å². The Kier molecular flexibility index (Phi) is 4.50. The summed E-state index contributed by atoms with van der Waals surface area (Å²) in [6.45, 7) is 4.69. The fourth-order valence-corrected chi connectivity index (χ4v) is 2.50. The van der Waals surface area contributed by atoms with Crippen molar-refractivity contribution in [3.8, 4) is 5.75 Å². The van der Waals surface area contributed by atoms with Crippen molar-refractivity contribution in [2.24, 2.45) is 5.73 Å². The summed E-state index contributed by atoms with van der Waals surface area (Å²) in [5.74, 6) is 0.234. The molecule has 1 heterocycles. The molecule has 0 aliphatic carbocycles. The molecule has 2 rings (SSSR count). The maximum Gasteiger partial charge on any atom is 0.165 e. The minimum atomic E-state index is -0.387. The van der Waals surface area contributed by atoms with E-state index in [1.807, 2.05) is 5.38 Å². The molecule has 0 aliphatic rings. The van der Waals surface area contributed by atoms with Gasteiger partial charge in [0.25, 0.3) is 0 Å². The SMILES string of the molecule is CC(C)c1nc(COc2c(F)cccc2CN)cs1. The first-order valence-electron chi connectivity index (χ1n) is 6.16. The number of para-hydroxylation sites is 1. The summed E-state index contributed by atoms with van der Waals surface area (Å²) in [6, 6.07) is 4.76. The van der Waals surface area contributed by atoms with Gasteiger partial charge in [0.2, 0.25) is 0 Å². The van der Waals surface area contributed by atoms with Crippen molar-refractivity contribution in [1.82, 2.24) is 4.98 Å². The highest BCUT2D eigenvalue weighted by Gasteiger charge is 2.11. The quantitative estimate of drug-likeness (QED) is 0.912. The molecule has 0 amide bonds. The zero-order valence-corrected chi connectivity index (χ0v) is 11.8. The predicted octanol–water partition coefficient (Wildman–Crippen LogP) is 3.44. The predicted molar refractivity (Wildman–Crippen MR) is 74.8 cm³/mol. The van der Waals surface area contributed by atoms with Gasteiger partial charge in [0.15, 0.2) is 11.6 Å². The molecule has 5 heteroatoms. The molecule has 3 nitrogen and oxygen atoms in total. The molecule has 1 aromatic heterocycles. The molecule has 0 saturated heterocycles. The molecule has 0 bridgehead atoms. The maximum atomic E-state index is 13.7. The van der Waals surface area contributed by atoms with Crippen molar-refractivity contribution in [2.75, 3.05) is 0 Å². The summed E-state index contributed by atoms with van der Waals surface area (Å²) in [5, 5.41) is 3.00. The van der Waals surface area contributed by atoms with Gasteiger partial charge in [-0.05, 0) is 6.07 Å². The number of halogens is 1. The number of nitrogens with zero attached hydrogens (tertiary/aromatic N) is 1. The van der Waals surface area contributed by atoms with Gasteiger partial charge < -0.3 is 10.5 Å². The zero-order valence-electron chi connectivity index (χ0n) is 11.0. The average molecular weight is 280 g/mol. The van der Waals surface area contributed by atoms with Crippen molar-refractivity contribution in [3.05, 3.63) is 45.7 Å². The van der Waals surface area contributed by atoms with Crippen LogP contribution in [0.3, 0.4) is 0 Å². The van der Waals surface area contributed by atoms with Crippen molar-refractivity contribution in [3.63, 3.8) is 0 Å². The number of nitrogens with two attached hydrogens (primary N) is 1. The van der Waals surface area contributed by atoms with Crippen LogP contribution in [0.15, 0.2) is 23.6 Å². The Labute approximate surface area is 116 Å². The van der Waals surface area contributed by atoms with Gasteiger partial charge in [0.1, 0.15) is 6.61 Å². The summed E-state index contributed by atoms with van der Waals surface area (Å²) >= 11 is 1.60. The zero-order chi connectivity index (χ0) is 13.8. The molecule has 0 unspecified atom stereocenters. The molecule has 19 heavy (non-hydrogen) atoms. The van der Waals surface area contributed by atoms with E-state index in [0.29, 0.717) is 11.5 Å². The van der Waals surface area contributed by atoms with Crippen LogP contribution in [0.5, 0.6) is 5.75 Å². The molecule has 2 aromatic rings. The van der Waals surface area contributed by atoms with Crippen molar-refractivity contribution < 1.29 is 9.13 Å². The van der Waals surface area contributed by atoms with Gasteiger partial charge in [-0.25, -0.2) is 9.37 Å². The van der Waals surface area contributed by atoms with Crippen molar-refractivity contribution in [1.29, 1.82) is 0 Å². The second kappa shape index (κ2) is 6.12. The summed E-state index contributed by atoms with van der Waals surface area (Å²) in [7, 11) is 0. The van der Waals surface area contributed by atoms with Crippen LogP contribution in [0.4, 0.5) is 4.39 Å². The van der Waals surface area contributed by atoms with Crippen LogP contribution in [0.25, 0.3) is 0 Å². The summed E-state index contributed by atoms with van der Waals surface area (Å²) in [6.07, 6.45) is 0. The Morgan fingerprint density at radius 3 is 2.84 bits per heavy atom. The molecule has 0 fully saturated rings. The number of rotatable bonds is 5. The average Bonchev–Trinajstić information content (AvgIpc) is 2.86. The highest BCUT2D eigenvalue weighted by Crippen LogP contribution is 2.24. The van der Waals surface area contributed by atoms with Gasteiger partial charge in [-0.15, -0.1) is 11.3 Å². The van der Waals surface area contributed by atoms with Crippen LogP contribution in [0, 0.1) is 5.82 Å². The lowest BCUT2D eigenvalue weighted by atomic mass is 10.2. The number of hydrogen-bond acceptors (Lipinski definition) is 4. The number of benzene rings is 1. The Hall–Kier alpha value is -1.46. The van der Waals surface area contributed by atoms with Gasteiger partial charge in [0.05, 0.1) is 10.7 Å². The minimum Gasteiger partial charge on any atom is -0.484 e. The number of aromatic nitrogens is 1. The van der Waals surface area contributed by atoms with E-state index in [9.17, 15) is 4.39 Å². The third-order valence-corrected chi connectivity index (χ3v) is 3.89. The van der Waals surface area contributed by atoms with Gasteiger partial charge >= 0.3 is 0 Å². The van der Waals surface area contributed by atoms with E-state index in [0.717, 1.165) is 10.7 Å². The van der Waals surface area contributed by atoms with Crippen LogP contribution in [0.2, 0.25) is 0 Å². The van der Waals surface area contributed by atoms with Crippen LogP contribution < -0.4 is 10.5 Å². The van der Waals surface area contributed by atoms with E-state index in [1.165, 1.54) is 6.07 Å². The van der Waals surface area contributed by atoms with Crippen LogP contribution in [0.1, 0.15) is 36.0 Å². The topological polar surface area (TPSA) is 48.1 Å². The van der Waals surface area contributed by atoms with E-state index < -0.39 is 0 Å². The first-order chi connectivity index (χ1) is 9.11. The molecule has 1 aromatic carbocycles. The summed E-state index contributed by atoms with van der Waals surface area (Å²) in [4.78, 5) is 4.45. The van der Waals surface area contributed by atoms with Crippen LogP contribution in [-0.4, -0.2) is 4.98 Å². The Morgan fingerprint density at radius 2 is 2.21 bits per heavy atom. The molecular weight excluding hydrogens is 263 g/mol. The van der Waals surface area contributed by atoms with E-state index in [2.05, 4.69) is 18.8 Å². The van der Waals surface area contributed by atoms with E-state index in [1.54, 1.807) is 23.5 Å². The molecule has 0 spiro atoms. The lowest BCUT2D eigenvalue weighted by Crippen LogP contribution is -2.05. The minimum absolute atomic E-state index is 0.226. The molecule has 102 valence electrons. The lowest BCUT2D eigenvalue weighted by Gasteiger charge is -2.10. The first-order valence-corrected chi connectivity index (χ1v) is 7.04. The molecule has 0 aliphatic heterocycles. The third kappa shape index (κ3) is 3.30. The van der Waals surface area contributed by atoms with Gasteiger partial charge in [-0.1, -0.05) is 26.0 Å². The van der Waals surface area contributed by atoms with Gasteiger partial charge in [-0.2, -0.15) is 0 Å². The molecular formula is C14H17FN2OS. The number of ether oxygens (including phenoxy) is 1. The van der Waals surface area contributed by atoms with E-state index in [-0.39, 0.29) is 24.7 Å². The third-order valence-electron chi connectivity index (χ3n) is 2.70. The molecule has 0 atom stereocenters. The van der Waals surface area contributed by atoms with Crippen molar-refractivity contribution in [2.45, 2.75) is 32.9 Å². The second-order valence-corrected chi connectivity index (χ2v) is 5.44. The lowest BCUT2D eigenvalue weighted by molar-refractivity contribution is 0.283.